The first kappa shape index (κ1) is 17.2. The van der Waals surface area contributed by atoms with Crippen molar-refractivity contribution in [3.8, 4) is 5.69 Å². The third-order valence-corrected chi connectivity index (χ3v) is 4.95. The molecule has 0 bridgehead atoms. The van der Waals surface area contributed by atoms with E-state index in [9.17, 15) is 14.7 Å². The number of carboxylic acid groups (broad SMARTS) is 1. The number of hydrogen-bond acceptors (Lipinski definition) is 3. The fourth-order valence-electron chi connectivity index (χ4n) is 3.43. The molecule has 1 fully saturated rings. The Labute approximate surface area is 147 Å². The van der Waals surface area contributed by atoms with Gasteiger partial charge >= 0.3 is 5.97 Å². The first-order chi connectivity index (χ1) is 11.9. The monoisotopic (exact) mass is 341 g/mol. The molecule has 2 atom stereocenters. The SMILES string of the molecule is Cc1ccc(-n2nc(C(=O)N3CCC[C@@H](C(=O)O)[C@H]3C)cc2C)cc1. The van der Waals surface area contributed by atoms with Crippen LogP contribution in [0.15, 0.2) is 30.3 Å². The Bertz CT molecular complexity index is 795. The van der Waals surface area contributed by atoms with Gasteiger partial charge in [0.2, 0.25) is 0 Å². The zero-order valence-corrected chi connectivity index (χ0v) is 14.8. The quantitative estimate of drug-likeness (QED) is 0.931. The molecule has 6 nitrogen and oxygen atoms in total. The predicted molar refractivity (Wildman–Crippen MR) is 93.9 cm³/mol. The van der Waals surface area contributed by atoms with Crippen molar-refractivity contribution < 1.29 is 14.7 Å². The second-order valence-corrected chi connectivity index (χ2v) is 6.74. The van der Waals surface area contributed by atoms with E-state index in [0.29, 0.717) is 25.1 Å². The molecule has 1 aromatic carbocycles. The lowest BCUT2D eigenvalue weighted by atomic mass is 9.90. The number of carbonyl (C=O) groups is 2. The van der Waals surface area contributed by atoms with Gasteiger partial charge in [0.25, 0.3) is 5.91 Å². The average molecular weight is 341 g/mol. The lowest BCUT2D eigenvalue weighted by molar-refractivity contribution is -0.144. The lowest BCUT2D eigenvalue weighted by Gasteiger charge is -2.37. The molecule has 2 aromatic rings. The Morgan fingerprint density at radius 1 is 1.20 bits per heavy atom. The number of benzene rings is 1. The predicted octanol–water partition coefficient (Wildman–Crippen LogP) is 2.81. The Hall–Kier alpha value is -2.63. The first-order valence-corrected chi connectivity index (χ1v) is 8.56. The molecule has 1 aliphatic rings. The average Bonchev–Trinajstić information content (AvgIpc) is 2.97. The fourth-order valence-corrected chi connectivity index (χ4v) is 3.43. The number of carboxylic acids is 1. The van der Waals surface area contributed by atoms with E-state index in [1.54, 1.807) is 22.6 Å². The third kappa shape index (κ3) is 3.29. The van der Waals surface area contributed by atoms with Crippen molar-refractivity contribution in [1.82, 2.24) is 14.7 Å². The van der Waals surface area contributed by atoms with Gasteiger partial charge in [-0.1, -0.05) is 17.7 Å². The van der Waals surface area contributed by atoms with E-state index in [4.69, 9.17) is 0 Å². The van der Waals surface area contributed by atoms with Gasteiger partial charge in [-0.25, -0.2) is 4.68 Å². The summed E-state index contributed by atoms with van der Waals surface area (Å²) in [5.41, 5.74) is 3.28. The van der Waals surface area contributed by atoms with Crippen molar-refractivity contribution in [2.24, 2.45) is 5.92 Å². The minimum absolute atomic E-state index is 0.201. The molecule has 0 spiro atoms. The normalized spacial score (nSPS) is 20.5. The summed E-state index contributed by atoms with van der Waals surface area (Å²) in [4.78, 5) is 25.9. The van der Waals surface area contributed by atoms with Crippen LogP contribution in [0.4, 0.5) is 0 Å². The van der Waals surface area contributed by atoms with Crippen LogP contribution in [0.3, 0.4) is 0 Å². The van der Waals surface area contributed by atoms with Crippen LogP contribution in [-0.4, -0.2) is 44.3 Å². The van der Waals surface area contributed by atoms with Gasteiger partial charge in [-0.15, -0.1) is 0 Å². The number of amides is 1. The van der Waals surface area contributed by atoms with Crippen LogP contribution in [0.5, 0.6) is 0 Å². The number of hydrogen-bond donors (Lipinski definition) is 1. The topological polar surface area (TPSA) is 75.4 Å². The highest BCUT2D eigenvalue weighted by Crippen LogP contribution is 2.25. The number of likely N-dealkylation sites (tertiary alicyclic amines) is 1. The van der Waals surface area contributed by atoms with Crippen molar-refractivity contribution in [3.63, 3.8) is 0 Å². The number of aryl methyl sites for hydroxylation is 2. The van der Waals surface area contributed by atoms with Crippen LogP contribution < -0.4 is 0 Å². The highest BCUT2D eigenvalue weighted by Gasteiger charge is 2.36. The van der Waals surface area contributed by atoms with Gasteiger partial charge in [-0.05, 0) is 51.8 Å². The molecular formula is C19H23N3O3. The van der Waals surface area contributed by atoms with Crippen molar-refractivity contribution in [1.29, 1.82) is 0 Å². The molecule has 1 amide bonds. The van der Waals surface area contributed by atoms with Crippen molar-refractivity contribution in [2.75, 3.05) is 6.54 Å². The molecule has 0 unspecified atom stereocenters. The Morgan fingerprint density at radius 3 is 2.52 bits per heavy atom. The number of rotatable bonds is 3. The maximum Gasteiger partial charge on any atom is 0.308 e. The van der Waals surface area contributed by atoms with E-state index in [-0.39, 0.29) is 11.9 Å². The van der Waals surface area contributed by atoms with Gasteiger partial charge in [0.1, 0.15) is 0 Å². The summed E-state index contributed by atoms with van der Waals surface area (Å²) in [5, 5.41) is 13.8. The van der Waals surface area contributed by atoms with Gasteiger partial charge in [0.15, 0.2) is 5.69 Å². The number of piperidine rings is 1. The summed E-state index contributed by atoms with van der Waals surface area (Å²) >= 11 is 0. The molecule has 2 heterocycles. The Morgan fingerprint density at radius 2 is 1.88 bits per heavy atom. The molecular weight excluding hydrogens is 318 g/mol. The van der Waals surface area contributed by atoms with E-state index in [0.717, 1.165) is 16.9 Å². The van der Waals surface area contributed by atoms with Gasteiger partial charge in [-0.3, -0.25) is 9.59 Å². The summed E-state index contributed by atoms with van der Waals surface area (Å²) in [6.07, 6.45) is 1.31. The first-order valence-electron chi connectivity index (χ1n) is 8.56. The van der Waals surface area contributed by atoms with E-state index >= 15 is 0 Å². The van der Waals surface area contributed by atoms with Crippen LogP contribution >= 0.6 is 0 Å². The number of aliphatic carboxylic acids is 1. The van der Waals surface area contributed by atoms with E-state index in [1.165, 1.54) is 0 Å². The minimum Gasteiger partial charge on any atom is -0.481 e. The zero-order valence-electron chi connectivity index (χ0n) is 14.8. The van der Waals surface area contributed by atoms with Crippen LogP contribution in [0.25, 0.3) is 5.69 Å². The molecule has 6 heteroatoms. The van der Waals surface area contributed by atoms with E-state index < -0.39 is 11.9 Å². The molecule has 25 heavy (non-hydrogen) atoms. The van der Waals surface area contributed by atoms with Crippen molar-refractivity contribution >= 4 is 11.9 Å². The van der Waals surface area contributed by atoms with Gasteiger partial charge in [0.05, 0.1) is 11.6 Å². The number of aromatic nitrogens is 2. The smallest absolute Gasteiger partial charge is 0.308 e. The number of carbonyl (C=O) groups excluding carboxylic acids is 1. The molecule has 0 aliphatic carbocycles. The van der Waals surface area contributed by atoms with Crippen LogP contribution in [0.2, 0.25) is 0 Å². The van der Waals surface area contributed by atoms with Crippen molar-refractivity contribution in [2.45, 2.75) is 39.7 Å². The van der Waals surface area contributed by atoms with E-state index in [2.05, 4.69) is 5.10 Å². The molecule has 1 aromatic heterocycles. The van der Waals surface area contributed by atoms with Gasteiger partial charge in [-0.2, -0.15) is 5.10 Å². The third-order valence-electron chi connectivity index (χ3n) is 4.95. The molecule has 132 valence electrons. The summed E-state index contributed by atoms with van der Waals surface area (Å²) in [7, 11) is 0. The van der Waals surface area contributed by atoms with Gasteiger partial charge < -0.3 is 10.0 Å². The summed E-state index contributed by atoms with van der Waals surface area (Å²) in [5.74, 6) is -1.56. The zero-order chi connectivity index (χ0) is 18.1. The van der Waals surface area contributed by atoms with Crippen LogP contribution in [0.1, 0.15) is 41.5 Å². The second-order valence-electron chi connectivity index (χ2n) is 6.74. The lowest BCUT2D eigenvalue weighted by Crippen LogP contribution is -2.49. The fraction of sp³-hybridized carbons (Fsp3) is 0.421. The standard InChI is InChI=1S/C19H23N3O3/c1-12-6-8-15(9-7-12)22-13(2)11-17(20-22)18(23)21-10-4-5-16(14(21)3)19(24)25/h6-9,11,14,16H,4-5,10H2,1-3H3,(H,24,25)/t14-,16-/m1/s1. The highest BCUT2D eigenvalue weighted by molar-refractivity contribution is 5.93. The van der Waals surface area contributed by atoms with Crippen molar-refractivity contribution in [3.05, 3.63) is 47.3 Å². The van der Waals surface area contributed by atoms with Gasteiger partial charge in [0, 0.05) is 18.3 Å². The minimum atomic E-state index is -0.841. The number of nitrogens with zero attached hydrogens (tertiary/aromatic N) is 3. The maximum absolute atomic E-state index is 12.9. The molecule has 0 saturated carbocycles. The largest absolute Gasteiger partial charge is 0.481 e. The van der Waals surface area contributed by atoms with Crippen LogP contribution in [0, 0.1) is 19.8 Å². The summed E-state index contributed by atoms with van der Waals surface area (Å²) in [6.45, 7) is 6.30. The second kappa shape index (κ2) is 6.70. The molecule has 0 radical (unpaired) electrons. The highest BCUT2D eigenvalue weighted by atomic mass is 16.4. The maximum atomic E-state index is 12.9. The molecule has 1 saturated heterocycles. The van der Waals surface area contributed by atoms with Crippen LogP contribution in [-0.2, 0) is 4.79 Å². The Kier molecular flexibility index (Phi) is 4.61. The summed E-state index contributed by atoms with van der Waals surface area (Å²) < 4.78 is 1.75. The van der Waals surface area contributed by atoms with E-state index in [1.807, 2.05) is 38.1 Å². The summed E-state index contributed by atoms with van der Waals surface area (Å²) in [6, 6.07) is 9.37. The molecule has 1 N–H and O–H groups in total. The molecule has 1 aliphatic heterocycles. The molecule has 3 rings (SSSR count). The Balaban J connectivity index is 1.87.